The van der Waals surface area contributed by atoms with Crippen LogP contribution in [0.2, 0.25) is 0 Å². The molecule has 7 nitrogen and oxygen atoms in total. The van der Waals surface area contributed by atoms with E-state index in [-0.39, 0.29) is 5.82 Å². The molecule has 0 radical (unpaired) electrons. The van der Waals surface area contributed by atoms with Gasteiger partial charge in [0.05, 0.1) is 22.3 Å². The molecule has 0 aliphatic heterocycles. The summed E-state index contributed by atoms with van der Waals surface area (Å²) in [5, 5.41) is 21.2. The predicted molar refractivity (Wildman–Crippen MR) is 170 cm³/mol. The first-order chi connectivity index (χ1) is 20.6. The maximum Gasteiger partial charge on any atom is 0.232 e. The molecule has 3 aromatic carbocycles. The van der Waals surface area contributed by atoms with Gasteiger partial charge in [-0.2, -0.15) is 10.5 Å². The second-order valence-corrected chi connectivity index (χ2v) is 11.3. The zero-order valence-corrected chi connectivity index (χ0v) is 25.7. The van der Waals surface area contributed by atoms with Crippen LogP contribution in [0.5, 0.6) is 0 Å². The quantitative estimate of drug-likeness (QED) is 0.217. The van der Waals surface area contributed by atoms with Gasteiger partial charge in [-0.3, -0.25) is 0 Å². The zero-order valence-electron chi connectivity index (χ0n) is 25.7. The van der Waals surface area contributed by atoms with Gasteiger partial charge in [0.1, 0.15) is 12.1 Å². The van der Waals surface area contributed by atoms with E-state index in [9.17, 15) is 10.5 Å². The average Bonchev–Trinajstić information content (AvgIpc) is 3.40. The van der Waals surface area contributed by atoms with Crippen molar-refractivity contribution < 1.29 is 0 Å². The molecule has 3 heterocycles. The lowest BCUT2D eigenvalue weighted by atomic mass is 9.90. The molecule has 0 saturated carbocycles. The Hall–Kier alpha value is -5.40. The molecule has 210 valence electrons. The number of aromatic nitrogens is 5. The van der Waals surface area contributed by atoms with Crippen LogP contribution in [0.25, 0.3) is 50.0 Å². The van der Waals surface area contributed by atoms with Crippen LogP contribution in [0.1, 0.15) is 55.9 Å². The Morgan fingerprint density at radius 3 is 1.56 bits per heavy atom. The minimum Gasteiger partial charge on any atom is -0.308 e. The first kappa shape index (κ1) is 27.8. The summed E-state index contributed by atoms with van der Waals surface area (Å²) in [6.45, 7) is 17.7. The molecule has 0 aliphatic carbocycles. The second kappa shape index (κ2) is 10.2. The molecule has 3 aromatic heterocycles. The standard InChI is InChI=1S/C36H31N7/c1-18-20(3)24(7)34-32(22(18)5)33-23(6)19(2)21(4)25(8)35(33)43(34)30-10-9-27(36-41-14-26(12-37)15-42-36)11-29(30)28-16-39-31(13-38)40-17-28/h9-11,14-17H,1-8H3. The summed E-state index contributed by atoms with van der Waals surface area (Å²) in [4.78, 5) is 17.5. The van der Waals surface area contributed by atoms with Crippen LogP contribution in [0.15, 0.2) is 43.0 Å². The molecule has 0 amide bonds. The van der Waals surface area contributed by atoms with Gasteiger partial charge in [0.2, 0.25) is 5.82 Å². The van der Waals surface area contributed by atoms with E-state index >= 15 is 0 Å². The summed E-state index contributed by atoms with van der Waals surface area (Å²) in [6.07, 6.45) is 6.45. The Labute approximate surface area is 251 Å². The van der Waals surface area contributed by atoms with Crippen LogP contribution in [0, 0.1) is 78.1 Å². The van der Waals surface area contributed by atoms with Gasteiger partial charge in [0.25, 0.3) is 0 Å². The molecule has 6 aromatic rings. The molecular weight excluding hydrogens is 530 g/mol. The van der Waals surface area contributed by atoms with Crippen molar-refractivity contribution in [2.24, 2.45) is 0 Å². The number of hydrogen-bond donors (Lipinski definition) is 0. The van der Waals surface area contributed by atoms with Crippen molar-refractivity contribution in [3.63, 3.8) is 0 Å². The smallest absolute Gasteiger partial charge is 0.232 e. The van der Waals surface area contributed by atoms with Crippen molar-refractivity contribution in [1.82, 2.24) is 24.5 Å². The van der Waals surface area contributed by atoms with Crippen LogP contribution < -0.4 is 0 Å². The second-order valence-electron chi connectivity index (χ2n) is 11.3. The number of benzene rings is 3. The Kier molecular flexibility index (Phi) is 6.55. The van der Waals surface area contributed by atoms with Crippen molar-refractivity contribution in [1.29, 1.82) is 10.5 Å². The fourth-order valence-electron chi connectivity index (χ4n) is 6.27. The van der Waals surface area contributed by atoms with E-state index in [0.29, 0.717) is 11.4 Å². The van der Waals surface area contributed by atoms with E-state index in [0.717, 1.165) is 22.4 Å². The molecule has 0 atom stereocenters. The van der Waals surface area contributed by atoms with E-state index in [1.54, 1.807) is 12.4 Å². The molecular formula is C36H31N7. The van der Waals surface area contributed by atoms with Crippen LogP contribution in [-0.2, 0) is 0 Å². The molecule has 0 bridgehead atoms. The van der Waals surface area contributed by atoms with Gasteiger partial charge < -0.3 is 4.57 Å². The number of rotatable bonds is 3. The van der Waals surface area contributed by atoms with E-state index in [1.165, 1.54) is 78.7 Å². The summed E-state index contributed by atoms with van der Waals surface area (Å²) < 4.78 is 2.41. The van der Waals surface area contributed by atoms with Gasteiger partial charge in [-0.05, 0) is 118 Å². The summed E-state index contributed by atoms with van der Waals surface area (Å²) in [7, 11) is 0. The Bertz CT molecular complexity index is 2130. The predicted octanol–water partition coefficient (Wildman–Crippen LogP) is 7.91. The highest BCUT2D eigenvalue weighted by atomic mass is 15.0. The summed E-state index contributed by atoms with van der Waals surface area (Å²) >= 11 is 0. The van der Waals surface area contributed by atoms with Gasteiger partial charge in [0.15, 0.2) is 5.82 Å². The topological polar surface area (TPSA) is 104 Å². The molecule has 43 heavy (non-hydrogen) atoms. The van der Waals surface area contributed by atoms with Crippen molar-refractivity contribution in [2.45, 2.75) is 55.4 Å². The molecule has 0 N–H and O–H groups in total. The lowest BCUT2D eigenvalue weighted by molar-refractivity contribution is 1.10. The van der Waals surface area contributed by atoms with Crippen molar-refractivity contribution in [3.8, 4) is 40.3 Å². The summed E-state index contributed by atoms with van der Waals surface area (Å²) in [5.41, 5.74) is 16.5. The molecule has 0 spiro atoms. The van der Waals surface area contributed by atoms with Crippen LogP contribution in [-0.4, -0.2) is 24.5 Å². The van der Waals surface area contributed by atoms with Crippen molar-refractivity contribution in [3.05, 3.63) is 98.9 Å². The fraction of sp³-hybridized carbons (Fsp3) is 0.222. The van der Waals surface area contributed by atoms with E-state index in [1.807, 2.05) is 18.2 Å². The first-order valence-electron chi connectivity index (χ1n) is 14.2. The number of nitriles is 2. The highest BCUT2D eigenvalue weighted by Gasteiger charge is 2.25. The SMILES string of the molecule is Cc1c(C)c(C)c2c(c1C)c1c(C)c(C)c(C)c(C)c1n2-c1ccc(-c2ncc(C#N)cn2)cc1-c1cnc(C#N)nc1. The monoisotopic (exact) mass is 561 g/mol. The minimum atomic E-state index is 0.115. The van der Waals surface area contributed by atoms with Gasteiger partial charge in [0, 0.05) is 52.3 Å². The zero-order chi connectivity index (χ0) is 30.7. The number of hydrogen-bond acceptors (Lipinski definition) is 6. The van der Waals surface area contributed by atoms with E-state index < -0.39 is 0 Å². The van der Waals surface area contributed by atoms with Gasteiger partial charge in [-0.1, -0.05) is 0 Å². The fourth-order valence-corrected chi connectivity index (χ4v) is 6.27. The highest BCUT2D eigenvalue weighted by molar-refractivity contribution is 6.16. The van der Waals surface area contributed by atoms with Crippen LogP contribution in [0.3, 0.4) is 0 Å². The highest BCUT2D eigenvalue weighted by Crippen LogP contribution is 2.45. The van der Waals surface area contributed by atoms with Gasteiger partial charge in [-0.25, -0.2) is 19.9 Å². The Balaban J connectivity index is 1.81. The summed E-state index contributed by atoms with van der Waals surface area (Å²) in [5.74, 6) is 0.629. The lowest BCUT2D eigenvalue weighted by Crippen LogP contribution is -2.04. The average molecular weight is 562 g/mol. The first-order valence-corrected chi connectivity index (χ1v) is 14.2. The van der Waals surface area contributed by atoms with E-state index in [2.05, 4.69) is 92.0 Å². The Morgan fingerprint density at radius 1 is 0.558 bits per heavy atom. The maximum absolute atomic E-state index is 9.37. The third-order valence-corrected chi connectivity index (χ3v) is 9.35. The largest absolute Gasteiger partial charge is 0.308 e. The van der Waals surface area contributed by atoms with Crippen molar-refractivity contribution >= 4 is 21.8 Å². The molecule has 6 rings (SSSR count). The minimum absolute atomic E-state index is 0.115. The van der Waals surface area contributed by atoms with Crippen molar-refractivity contribution in [2.75, 3.05) is 0 Å². The van der Waals surface area contributed by atoms with Gasteiger partial charge in [-0.15, -0.1) is 0 Å². The molecule has 0 saturated heterocycles. The third kappa shape index (κ3) is 4.08. The molecule has 0 fully saturated rings. The maximum atomic E-state index is 9.37. The molecule has 7 heteroatoms. The number of nitrogens with zero attached hydrogens (tertiary/aromatic N) is 7. The summed E-state index contributed by atoms with van der Waals surface area (Å²) in [6, 6.07) is 10.3. The molecule has 0 aliphatic rings. The van der Waals surface area contributed by atoms with E-state index in [4.69, 9.17) is 0 Å². The van der Waals surface area contributed by atoms with Crippen LogP contribution in [0.4, 0.5) is 0 Å². The number of fused-ring (bicyclic) bond motifs is 3. The Morgan fingerprint density at radius 2 is 1.07 bits per heavy atom. The molecule has 0 unspecified atom stereocenters. The van der Waals surface area contributed by atoms with Gasteiger partial charge >= 0.3 is 0 Å². The third-order valence-electron chi connectivity index (χ3n) is 9.35. The number of aryl methyl sites for hydroxylation is 4. The van der Waals surface area contributed by atoms with Crippen LogP contribution >= 0.6 is 0 Å². The lowest BCUT2D eigenvalue weighted by Gasteiger charge is -2.19. The normalized spacial score (nSPS) is 11.2.